The molecule has 1 spiro atoms. The summed E-state index contributed by atoms with van der Waals surface area (Å²) in [7, 11) is 0. The molecule has 0 aromatic heterocycles. The van der Waals surface area contributed by atoms with Crippen LogP contribution in [0.15, 0.2) is 5.16 Å². The van der Waals surface area contributed by atoms with Gasteiger partial charge in [-0.2, -0.15) is 0 Å². The van der Waals surface area contributed by atoms with Crippen LogP contribution in [0, 0.1) is 0 Å². The van der Waals surface area contributed by atoms with Crippen LogP contribution in [-0.4, -0.2) is 34.8 Å². The highest BCUT2D eigenvalue weighted by Crippen LogP contribution is 2.37. The highest BCUT2D eigenvalue weighted by molar-refractivity contribution is 5.83. The molecule has 0 aromatic carbocycles. The van der Waals surface area contributed by atoms with Gasteiger partial charge in [-0.1, -0.05) is 5.16 Å². The quantitative estimate of drug-likeness (QED) is 0.641. The number of rotatable bonds is 1. The summed E-state index contributed by atoms with van der Waals surface area (Å²) in [6, 6.07) is 1.23. The molecule has 2 aliphatic heterocycles. The minimum atomic E-state index is 0.00771. The summed E-state index contributed by atoms with van der Waals surface area (Å²) < 4.78 is 0. The highest BCUT2D eigenvalue weighted by Gasteiger charge is 2.48. The van der Waals surface area contributed by atoms with E-state index >= 15 is 0 Å². The number of hydrogen-bond donors (Lipinski definition) is 0. The van der Waals surface area contributed by atoms with Crippen molar-refractivity contribution in [2.45, 2.75) is 58.2 Å². The van der Waals surface area contributed by atoms with Gasteiger partial charge in [0.1, 0.15) is 0 Å². The Labute approximate surface area is 86.1 Å². The van der Waals surface area contributed by atoms with E-state index in [9.17, 15) is 0 Å². The Hall–Kier alpha value is -0.570. The third-order valence-electron chi connectivity index (χ3n) is 3.34. The van der Waals surface area contributed by atoms with E-state index in [4.69, 9.17) is 4.84 Å². The molecule has 2 aliphatic rings. The lowest BCUT2D eigenvalue weighted by atomic mass is 9.95. The van der Waals surface area contributed by atoms with Gasteiger partial charge in [0, 0.05) is 31.5 Å². The van der Waals surface area contributed by atoms with Crippen LogP contribution in [-0.2, 0) is 4.84 Å². The minimum Gasteiger partial charge on any atom is -0.387 e. The van der Waals surface area contributed by atoms with Crippen LogP contribution in [0.1, 0.15) is 40.5 Å². The van der Waals surface area contributed by atoms with E-state index in [2.05, 4.69) is 37.8 Å². The Morgan fingerprint density at radius 3 is 2.71 bits per heavy atom. The van der Waals surface area contributed by atoms with Crippen molar-refractivity contribution in [1.82, 2.24) is 4.90 Å². The van der Waals surface area contributed by atoms with Crippen molar-refractivity contribution in [3.05, 3.63) is 0 Å². The largest absolute Gasteiger partial charge is 0.387 e. The summed E-state index contributed by atoms with van der Waals surface area (Å²) in [5.74, 6) is 0. The summed E-state index contributed by atoms with van der Waals surface area (Å²) in [5, 5.41) is 4.09. The van der Waals surface area contributed by atoms with Gasteiger partial charge in [0.2, 0.25) is 0 Å². The van der Waals surface area contributed by atoms with Crippen molar-refractivity contribution in [3.63, 3.8) is 0 Å². The van der Waals surface area contributed by atoms with Gasteiger partial charge >= 0.3 is 0 Å². The van der Waals surface area contributed by atoms with E-state index in [-0.39, 0.29) is 5.60 Å². The van der Waals surface area contributed by atoms with E-state index < -0.39 is 0 Å². The second-order valence-corrected chi connectivity index (χ2v) is 5.10. The molecule has 3 heteroatoms. The second-order valence-electron chi connectivity index (χ2n) is 5.10. The topological polar surface area (TPSA) is 24.8 Å². The molecule has 1 saturated heterocycles. The molecule has 0 amide bonds. The van der Waals surface area contributed by atoms with Crippen molar-refractivity contribution in [1.29, 1.82) is 0 Å². The summed E-state index contributed by atoms with van der Waals surface area (Å²) in [6.45, 7) is 9.87. The maximum absolute atomic E-state index is 5.61. The normalized spacial score (nSPS) is 38.1. The average Bonchev–Trinajstić information content (AvgIpc) is 2.57. The lowest BCUT2D eigenvalue weighted by Crippen LogP contribution is -2.37. The van der Waals surface area contributed by atoms with Crippen molar-refractivity contribution in [2.24, 2.45) is 5.16 Å². The molecule has 2 heterocycles. The van der Waals surface area contributed by atoms with E-state index in [1.807, 2.05) is 0 Å². The smallest absolute Gasteiger partial charge is 0.157 e. The zero-order valence-corrected chi connectivity index (χ0v) is 9.58. The molecular weight excluding hydrogens is 176 g/mol. The fourth-order valence-corrected chi connectivity index (χ4v) is 2.80. The predicted octanol–water partition coefficient (Wildman–Crippen LogP) is 2.02. The third-order valence-corrected chi connectivity index (χ3v) is 3.34. The first-order valence-electron chi connectivity index (χ1n) is 5.50. The Morgan fingerprint density at radius 2 is 2.29 bits per heavy atom. The van der Waals surface area contributed by atoms with Crippen molar-refractivity contribution < 1.29 is 4.84 Å². The number of oxime groups is 1. The Bertz CT molecular complexity index is 262. The zero-order chi connectivity index (χ0) is 10.3. The molecule has 3 nitrogen and oxygen atoms in total. The number of hydrogen-bond acceptors (Lipinski definition) is 3. The van der Waals surface area contributed by atoms with Gasteiger partial charge in [-0.3, -0.25) is 4.90 Å². The predicted molar refractivity (Wildman–Crippen MR) is 57.5 cm³/mol. The van der Waals surface area contributed by atoms with Crippen LogP contribution in [0.5, 0.6) is 0 Å². The van der Waals surface area contributed by atoms with Crippen molar-refractivity contribution >= 4 is 5.71 Å². The molecule has 0 N–H and O–H groups in total. The molecule has 14 heavy (non-hydrogen) atoms. The van der Waals surface area contributed by atoms with Gasteiger partial charge in [-0.25, -0.2) is 0 Å². The van der Waals surface area contributed by atoms with Crippen LogP contribution in [0.3, 0.4) is 0 Å². The van der Waals surface area contributed by atoms with E-state index in [0.717, 1.165) is 25.1 Å². The maximum atomic E-state index is 5.61. The van der Waals surface area contributed by atoms with Gasteiger partial charge in [-0.05, 0) is 27.7 Å². The van der Waals surface area contributed by atoms with Crippen LogP contribution < -0.4 is 0 Å². The van der Waals surface area contributed by atoms with Gasteiger partial charge in [-0.15, -0.1) is 0 Å². The van der Waals surface area contributed by atoms with Crippen LogP contribution >= 0.6 is 0 Å². The zero-order valence-electron chi connectivity index (χ0n) is 9.58. The fourth-order valence-electron chi connectivity index (χ4n) is 2.80. The summed E-state index contributed by atoms with van der Waals surface area (Å²) >= 11 is 0. The third kappa shape index (κ3) is 1.54. The molecule has 0 aromatic rings. The molecule has 1 fully saturated rings. The van der Waals surface area contributed by atoms with Crippen LogP contribution in [0.2, 0.25) is 0 Å². The van der Waals surface area contributed by atoms with E-state index in [0.29, 0.717) is 12.1 Å². The molecule has 0 aliphatic carbocycles. The van der Waals surface area contributed by atoms with Crippen LogP contribution in [0.4, 0.5) is 0 Å². The first kappa shape index (κ1) is 9.97. The molecule has 0 bridgehead atoms. The molecule has 2 rings (SSSR count). The summed E-state index contributed by atoms with van der Waals surface area (Å²) in [4.78, 5) is 8.12. The number of nitrogens with zero attached hydrogens (tertiary/aromatic N) is 2. The van der Waals surface area contributed by atoms with Gasteiger partial charge < -0.3 is 4.84 Å². The van der Waals surface area contributed by atoms with Gasteiger partial charge in [0.15, 0.2) is 5.60 Å². The fraction of sp³-hybridized carbons (Fsp3) is 0.909. The van der Waals surface area contributed by atoms with Gasteiger partial charge in [0.05, 0.1) is 5.71 Å². The number of likely N-dealkylation sites (tertiary alicyclic amines) is 1. The van der Waals surface area contributed by atoms with Crippen molar-refractivity contribution in [3.8, 4) is 0 Å². The second kappa shape index (κ2) is 3.23. The van der Waals surface area contributed by atoms with E-state index in [1.54, 1.807) is 0 Å². The standard InChI is InChI=1S/C11H20N2O/c1-8(2)13-7-11(6-10(13)4)5-9(3)12-14-11/h8,10H,5-7H2,1-4H3. The first-order valence-corrected chi connectivity index (χ1v) is 5.50. The highest BCUT2D eigenvalue weighted by atomic mass is 16.7. The average molecular weight is 196 g/mol. The van der Waals surface area contributed by atoms with E-state index in [1.165, 1.54) is 0 Å². The molecule has 80 valence electrons. The summed E-state index contributed by atoms with van der Waals surface area (Å²) in [5.41, 5.74) is 1.15. The summed E-state index contributed by atoms with van der Waals surface area (Å²) in [6.07, 6.45) is 2.13. The minimum absolute atomic E-state index is 0.00771. The molecule has 2 unspecified atom stereocenters. The lowest BCUT2D eigenvalue weighted by Gasteiger charge is -2.26. The first-order chi connectivity index (χ1) is 6.52. The Morgan fingerprint density at radius 1 is 1.57 bits per heavy atom. The maximum Gasteiger partial charge on any atom is 0.157 e. The molecular formula is C11H20N2O. The van der Waals surface area contributed by atoms with Crippen LogP contribution in [0.25, 0.3) is 0 Å². The van der Waals surface area contributed by atoms with Gasteiger partial charge in [0.25, 0.3) is 0 Å². The van der Waals surface area contributed by atoms with Crippen molar-refractivity contribution in [2.75, 3.05) is 6.54 Å². The monoisotopic (exact) mass is 196 g/mol. The Kier molecular flexibility index (Phi) is 2.30. The molecule has 2 atom stereocenters. The SMILES string of the molecule is CC1=NOC2(C1)CC(C)N(C(C)C)C2. The Balaban J connectivity index is 2.06. The lowest BCUT2D eigenvalue weighted by molar-refractivity contribution is -0.0120. The molecule has 0 saturated carbocycles. The molecule has 0 radical (unpaired) electrons.